The second-order valence-electron chi connectivity index (χ2n) is 6.55. The van der Waals surface area contributed by atoms with E-state index in [9.17, 15) is 14.7 Å². The molecule has 1 aromatic carbocycles. The van der Waals surface area contributed by atoms with Crippen molar-refractivity contribution in [1.82, 2.24) is 4.90 Å². The van der Waals surface area contributed by atoms with Gasteiger partial charge in [-0.3, -0.25) is 9.59 Å². The number of unbranched alkanes of at least 4 members (excludes halogenated alkanes) is 1. The molecule has 27 heavy (non-hydrogen) atoms. The van der Waals surface area contributed by atoms with Crippen LogP contribution in [-0.2, 0) is 9.59 Å². The molecule has 1 unspecified atom stereocenters. The Bertz CT molecular complexity index is 886. The molecule has 2 aromatic rings. The van der Waals surface area contributed by atoms with Gasteiger partial charge < -0.3 is 14.7 Å². The van der Waals surface area contributed by atoms with E-state index in [-0.39, 0.29) is 11.3 Å². The summed E-state index contributed by atoms with van der Waals surface area (Å²) in [5.41, 5.74) is 1.50. The highest BCUT2D eigenvalue weighted by atomic mass is 32.1. The van der Waals surface area contributed by atoms with Crippen LogP contribution in [0.15, 0.2) is 41.3 Å². The predicted molar refractivity (Wildman–Crippen MR) is 106 cm³/mol. The lowest BCUT2D eigenvalue weighted by atomic mass is 9.98. The molecule has 0 aliphatic carbocycles. The largest absolute Gasteiger partial charge is 0.507 e. The minimum absolute atomic E-state index is 0.142. The van der Waals surface area contributed by atoms with Crippen LogP contribution in [0.5, 0.6) is 5.75 Å². The number of aryl methyl sites for hydroxylation is 1. The monoisotopic (exact) mass is 385 g/mol. The minimum atomic E-state index is -0.629. The number of hydrogen-bond acceptors (Lipinski definition) is 5. The van der Waals surface area contributed by atoms with E-state index in [1.807, 2.05) is 31.4 Å². The maximum atomic E-state index is 12.8. The van der Waals surface area contributed by atoms with Crippen molar-refractivity contribution in [2.45, 2.75) is 32.7 Å². The minimum Gasteiger partial charge on any atom is -0.507 e. The van der Waals surface area contributed by atoms with E-state index in [1.165, 1.54) is 11.3 Å². The summed E-state index contributed by atoms with van der Waals surface area (Å²) in [4.78, 5) is 27.9. The lowest BCUT2D eigenvalue weighted by molar-refractivity contribution is -0.139. The summed E-state index contributed by atoms with van der Waals surface area (Å²) in [5.74, 6) is -0.620. The van der Waals surface area contributed by atoms with Crippen LogP contribution in [0.4, 0.5) is 0 Å². The fourth-order valence-corrected chi connectivity index (χ4v) is 4.21. The number of carbonyl (C=O) groups excluding carboxylic acids is 2. The Morgan fingerprint density at radius 3 is 2.67 bits per heavy atom. The Kier molecular flexibility index (Phi) is 5.65. The molecule has 1 atom stereocenters. The molecule has 1 aliphatic heterocycles. The average Bonchev–Trinajstić information content (AvgIpc) is 3.27. The summed E-state index contributed by atoms with van der Waals surface area (Å²) < 4.78 is 5.26. The number of rotatable bonds is 6. The van der Waals surface area contributed by atoms with Crippen LogP contribution in [0.3, 0.4) is 0 Å². The number of aliphatic hydroxyl groups excluding tert-OH is 1. The quantitative estimate of drug-likeness (QED) is 0.458. The Balaban J connectivity index is 2.12. The van der Waals surface area contributed by atoms with Crippen molar-refractivity contribution in [3.05, 3.63) is 57.3 Å². The van der Waals surface area contributed by atoms with Gasteiger partial charge in [0.1, 0.15) is 11.5 Å². The third-order valence-corrected chi connectivity index (χ3v) is 5.70. The van der Waals surface area contributed by atoms with Gasteiger partial charge in [-0.1, -0.05) is 19.4 Å². The fourth-order valence-electron chi connectivity index (χ4n) is 3.36. The Morgan fingerprint density at radius 1 is 1.30 bits per heavy atom. The molecule has 1 aliphatic rings. The zero-order valence-corrected chi connectivity index (χ0v) is 16.5. The van der Waals surface area contributed by atoms with Gasteiger partial charge in [0.05, 0.1) is 18.7 Å². The second-order valence-corrected chi connectivity index (χ2v) is 7.53. The van der Waals surface area contributed by atoms with Crippen LogP contribution >= 0.6 is 11.3 Å². The molecule has 1 amide bonds. The zero-order valence-electron chi connectivity index (χ0n) is 15.7. The van der Waals surface area contributed by atoms with E-state index in [2.05, 4.69) is 0 Å². The van der Waals surface area contributed by atoms with Gasteiger partial charge in [-0.25, -0.2) is 0 Å². The van der Waals surface area contributed by atoms with E-state index in [0.717, 1.165) is 23.3 Å². The first-order valence-electron chi connectivity index (χ1n) is 8.96. The first-order valence-corrected chi connectivity index (χ1v) is 9.84. The van der Waals surface area contributed by atoms with E-state index >= 15 is 0 Å². The Labute approximate surface area is 162 Å². The van der Waals surface area contributed by atoms with Gasteiger partial charge in [0.25, 0.3) is 11.7 Å². The average molecular weight is 385 g/mol. The molecular weight excluding hydrogens is 362 g/mol. The van der Waals surface area contributed by atoms with E-state index < -0.39 is 17.7 Å². The smallest absolute Gasteiger partial charge is 0.295 e. The number of carbonyl (C=O) groups is 2. The molecule has 2 heterocycles. The molecule has 1 saturated heterocycles. The molecule has 0 radical (unpaired) electrons. The molecule has 1 N–H and O–H groups in total. The van der Waals surface area contributed by atoms with Gasteiger partial charge in [0.2, 0.25) is 0 Å². The van der Waals surface area contributed by atoms with Crippen LogP contribution in [0, 0.1) is 6.92 Å². The molecule has 0 spiro atoms. The second kappa shape index (κ2) is 7.96. The summed E-state index contributed by atoms with van der Waals surface area (Å²) >= 11 is 1.48. The molecule has 6 heteroatoms. The van der Waals surface area contributed by atoms with Gasteiger partial charge in [-0.15, -0.1) is 11.3 Å². The number of methoxy groups -OCH3 is 1. The van der Waals surface area contributed by atoms with Crippen molar-refractivity contribution in [3.63, 3.8) is 0 Å². The van der Waals surface area contributed by atoms with E-state index in [1.54, 1.807) is 30.2 Å². The zero-order chi connectivity index (χ0) is 19.6. The predicted octanol–water partition coefficient (Wildman–Crippen LogP) is 4.29. The third-order valence-electron chi connectivity index (χ3n) is 4.77. The number of benzene rings is 1. The summed E-state index contributed by atoms with van der Waals surface area (Å²) in [6.45, 7) is 4.39. The SMILES string of the molecule is CCCCN1C(=O)C(=O)/C(=C(\O)c2ccc(OC)c(C)c2)C1c1cccs1. The van der Waals surface area contributed by atoms with Gasteiger partial charge in [-0.2, -0.15) is 0 Å². The van der Waals surface area contributed by atoms with Crippen LogP contribution in [-0.4, -0.2) is 35.4 Å². The van der Waals surface area contributed by atoms with Crippen LogP contribution < -0.4 is 4.74 Å². The number of nitrogens with zero attached hydrogens (tertiary/aromatic N) is 1. The number of hydrogen-bond donors (Lipinski definition) is 1. The Hall–Kier alpha value is -2.60. The summed E-state index contributed by atoms with van der Waals surface area (Å²) in [6, 6.07) is 8.45. The van der Waals surface area contributed by atoms with Crippen LogP contribution in [0.1, 0.15) is 41.8 Å². The molecule has 1 aromatic heterocycles. The molecular formula is C21H23NO4S. The van der Waals surface area contributed by atoms with E-state index in [0.29, 0.717) is 17.9 Å². The molecule has 0 saturated carbocycles. The van der Waals surface area contributed by atoms with Crippen molar-refractivity contribution < 1.29 is 19.4 Å². The highest BCUT2D eigenvalue weighted by molar-refractivity contribution is 7.10. The van der Waals surface area contributed by atoms with Crippen LogP contribution in [0.2, 0.25) is 0 Å². The van der Waals surface area contributed by atoms with Gasteiger partial charge in [0.15, 0.2) is 0 Å². The number of Topliss-reactive ketones (excluding diaryl/α,β-unsaturated/α-hetero) is 1. The fraction of sp³-hybridized carbons (Fsp3) is 0.333. The topological polar surface area (TPSA) is 66.8 Å². The van der Waals surface area contributed by atoms with Crippen molar-refractivity contribution in [2.75, 3.05) is 13.7 Å². The van der Waals surface area contributed by atoms with E-state index in [4.69, 9.17) is 4.74 Å². The molecule has 142 valence electrons. The molecule has 0 bridgehead atoms. The van der Waals surface area contributed by atoms with Crippen LogP contribution in [0.25, 0.3) is 5.76 Å². The lowest BCUT2D eigenvalue weighted by Gasteiger charge is -2.23. The highest BCUT2D eigenvalue weighted by Gasteiger charge is 2.46. The maximum Gasteiger partial charge on any atom is 0.295 e. The van der Waals surface area contributed by atoms with Gasteiger partial charge in [0, 0.05) is 17.0 Å². The van der Waals surface area contributed by atoms with Crippen molar-refractivity contribution in [2.24, 2.45) is 0 Å². The number of ether oxygens (including phenoxy) is 1. The molecule has 3 rings (SSSR count). The lowest BCUT2D eigenvalue weighted by Crippen LogP contribution is -2.30. The highest BCUT2D eigenvalue weighted by Crippen LogP contribution is 2.41. The van der Waals surface area contributed by atoms with Crippen molar-refractivity contribution in [3.8, 4) is 5.75 Å². The van der Waals surface area contributed by atoms with Gasteiger partial charge >= 0.3 is 0 Å². The third kappa shape index (κ3) is 3.49. The standard InChI is InChI=1S/C21H23NO4S/c1-4-5-10-22-18(16-7-6-11-27-16)17(20(24)21(22)25)19(23)14-8-9-15(26-3)13(2)12-14/h6-9,11-12,18,23H,4-5,10H2,1-3H3/b19-17-. The first kappa shape index (κ1) is 19.2. The summed E-state index contributed by atoms with van der Waals surface area (Å²) in [5, 5.41) is 12.9. The Morgan fingerprint density at radius 2 is 2.07 bits per heavy atom. The maximum absolute atomic E-state index is 12.8. The normalized spacial score (nSPS) is 18.9. The summed E-state index contributed by atoms with van der Waals surface area (Å²) in [7, 11) is 1.58. The van der Waals surface area contributed by atoms with Crippen molar-refractivity contribution in [1.29, 1.82) is 0 Å². The number of thiophene rings is 1. The number of aliphatic hydroxyl groups is 1. The number of amides is 1. The number of ketones is 1. The number of likely N-dealkylation sites (tertiary alicyclic amines) is 1. The van der Waals surface area contributed by atoms with Gasteiger partial charge in [-0.05, 0) is 48.6 Å². The summed E-state index contributed by atoms with van der Waals surface area (Å²) in [6.07, 6.45) is 1.72. The van der Waals surface area contributed by atoms with Crippen molar-refractivity contribution >= 4 is 28.8 Å². The molecule has 5 nitrogen and oxygen atoms in total. The first-order chi connectivity index (χ1) is 13.0. The molecule has 1 fully saturated rings.